The first-order chi connectivity index (χ1) is 11.9. The van der Waals surface area contributed by atoms with E-state index >= 15 is 0 Å². The zero-order valence-electron chi connectivity index (χ0n) is 14.4. The average Bonchev–Trinajstić information content (AvgIpc) is 2.61. The average molecular weight is 344 g/mol. The molecule has 0 aliphatic rings. The number of methoxy groups -OCH3 is 2. The van der Waals surface area contributed by atoms with E-state index in [0.29, 0.717) is 18.0 Å². The predicted molar refractivity (Wildman–Crippen MR) is 92.8 cm³/mol. The first-order valence-corrected chi connectivity index (χ1v) is 7.62. The second kappa shape index (κ2) is 8.14. The Balaban J connectivity index is 2.01. The minimum absolute atomic E-state index is 0.00915. The Bertz CT molecular complexity index is 759. The number of benzene rings is 2. The van der Waals surface area contributed by atoms with Gasteiger partial charge in [-0.3, -0.25) is 14.9 Å². The summed E-state index contributed by atoms with van der Waals surface area (Å²) in [4.78, 5) is 24.1. The molecule has 7 nitrogen and oxygen atoms in total. The molecule has 0 spiro atoms. The zero-order valence-corrected chi connectivity index (χ0v) is 14.4. The molecule has 0 aliphatic heterocycles. The maximum Gasteiger partial charge on any atom is 0.269 e. The Morgan fingerprint density at radius 3 is 2.20 bits per heavy atom. The number of carbonyl (C=O) groups excluding carboxylic acids is 1. The molecule has 0 fully saturated rings. The van der Waals surface area contributed by atoms with Gasteiger partial charge in [-0.05, 0) is 23.3 Å². The molecule has 2 aromatic rings. The van der Waals surface area contributed by atoms with Crippen LogP contribution in [0.3, 0.4) is 0 Å². The summed E-state index contributed by atoms with van der Waals surface area (Å²) in [5, 5.41) is 10.7. The van der Waals surface area contributed by atoms with Crippen molar-refractivity contribution in [3.8, 4) is 11.5 Å². The van der Waals surface area contributed by atoms with E-state index in [2.05, 4.69) is 0 Å². The molecule has 0 bridgehead atoms. The molecule has 0 unspecified atom stereocenters. The second-order valence-corrected chi connectivity index (χ2v) is 5.54. The standard InChI is InChI=1S/C18H20N2O5/c1-19(12-14-6-9-16(24-2)17(10-14)25-3)18(21)11-13-4-7-15(8-5-13)20(22)23/h4-10H,11-12H2,1-3H3. The minimum atomic E-state index is -0.464. The van der Waals surface area contributed by atoms with E-state index in [4.69, 9.17) is 9.47 Å². The van der Waals surface area contributed by atoms with Crippen LogP contribution in [0.15, 0.2) is 42.5 Å². The third kappa shape index (κ3) is 4.69. The normalized spacial score (nSPS) is 10.2. The highest BCUT2D eigenvalue weighted by molar-refractivity contribution is 5.78. The number of nitro groups is 1. The maximum atomic E-state index is 12.3. The van der Waals surface area contributed by atoms with Crippen molar-refractivity contribution in [3.63, 3.8) is 0 Å². The molecule has 25 heavy (non-hydrogen) atoms. The second-order valence-electron chi connectivity index (χ2n) is 5.54. The van der Waals surface area contributed by atoms with Crippen molar-refractivity contribution >= 4 is 11.6 Å². The molecule has 0 radical (unpaired) electrons. The number of amides is 1. The third-order valence-corrected chi connectivity index (χ3v) is 3.80. The summed E-state index contributed by atoms with van der Waals surface area (Å²) in [5.74, 6) is 1.16. The lowest BCUT2D eigenvalue weighted by Crippen LogP contribution is -2.27. The predicted octanol–water partition coefficient (Wildman–Crippen LogP) is 2.81. The van der Waals surface area contributed by atoms with E-state index in [0.717, 1.165) is 11.1 Å². The Labute approximate surface area is 145 Å². The van der Waals surface area contributed by atoms with E-state index in [1.54, 1.807) is 44.4 Å². The first kappa shape index (κ1) is 18.3. The number of carbonyl (C=O) groups is 1. The Kier molecular flexibility index (Phi) is 5.94. The third-order valence-electron chi connectivity index (χ3n) is 3.80. The fourth-order valence-electron chi connectivity index (χ4n) is 2.39. The van der Waals surface area contributed by atoms with Crippen LogP contribution in [-0.2, 0) is 17.8 Å². The topological polar surface area (TPSA) is 81.9 Å². The molecule has 0 heterocycles. The summed E-state index contributed by atoms with van der Waals surface area (Å²) < 4.78 is 10.5. The van der Waals surface area contributed by atoms with Crippen LogP contribution in [0.25, 0.3) is 0 Å². The lowest BCUT2D eigenvalue weighted by atomic mass is 10.1. The van der Waals surface area contributed by atoms with Gasteiger partial charge in [0.2, 0.25) is 5.91 Å². The highest BCUT2D eigenvalue weighted by Crippen LogP contribution is 2.28. The van der Waals surface area contributed by atoms with Crippen molar-refractivity contribution in [2.24, 2.45) is 0 Å². The summed E-state index contributed by atoms with van der Waals surface area (Å²) >= 11 is 0. The molecule has 0 N–H and O–H groups in total. The van der Waals surface area contributed by atoms with Crippen LogP contribution in [-0.4, -0.2) is 37.0 Å². The van der Waals surface area contributed by atoms with Gasteiger partial charge < -0.3 is 14.4 Å². The summed E-state index contributed by atoms with van der Waals surface area (Å²) in [6.45, 7) is 0.423. The van der Waals surface area contributed by atoms with Crippen LogP contribution in [0.4, 0.5) is 5.69 Å². The SMILES string of the molecule is COc1ccc(CN(C)C(=O)Cc2ccc([N+](=O)[O-])cc2)cc1OC. The van der Waals surface area contributed by atoms with Crippen molar-refractivity contribution in [1.82, 2.24) is 4.90 Å². The van der Waals surface area contributed by atoms with E-state index in [9.17, 15) is 14.9 Å². The van der Waals surface area contributed by atoms with Crippen LogP contribution >= 0.6 is 0 Å². The van der Waals surface area contributed by atoms with Gasteiger partial charge in [0.15, 0.2) is 11.5 Å². The molecule has 0 aromatic heterocycles. The number of hydrogen-bond acceptors (Lipinski definition) is 5. The van der Waals surface area contributed by atoms with Crippen molar-refractivity contribution in [2.45, 2.75) is 13.0 Å². The van der Waals surface area contributed by atoms with Gasteiger partial charge in [-0.1, -0.05) is 18.2 Å². The van der Waals surface area contributed by atoms with E-state index in [1.165, 1.54) is 12.1 Å². The molecule has 2 rings (SSSR count). The lowest BCUT2D eigenvalue weighted by Gasteiger charge is -2.18. The van der Waals surface area contributed by atoms with Gasteiger partial charge in [-0.25, -0.2) is 0 Å². The molecule has 0 saturated carbocycles. The maximum absolute atomic E-state index is 12.3. The minimum Gasteiger partial charge on any atom is -0.493 e. The fraction of sp³-hybridized carbons (Fsp3) is 0.278. The Morgan fingerprint density at radius 2 is 1.64 bits per heavy atom. The largest absolute Gasteiger partial charge is 0.493 e. The van der Waals surface area contributed by atoms with Crippen LogP contribution in [0.2, 0.25) is 0 Å². The smallest absolute Gasteiger partial charge is 0.269 e. The lowest BCUT2D eigenvalue weighted by molar-refractivity contribution is -0.384. The van der Waals surface area contributed by atoms with Crippen molar-refractivity contribution in [1.29, 1.82) is 0 Å². The van der Waals surface area contributed by atoms with Gasteiger partial charge in [-0.15, -0.1) is 0 Å². The van der Waals surface area contributed by atoms with Crippen LogP contribution < -0.4 is 9.47 Å². The van der Waals surface area contributed by atoms with Crippen molar-refractivity contribution in [3.05, 3.63) is 63.7 Å². The van der Waals surface area contributed by atoms with Gasteiger partial charge >= 0.3 is 0 Å². The molecule has 0 aliphatic carbocycles. The number of hydrogen-bond donors (Lipinski definition) is 0. The summed E-state index contributed by atoms with van der Waals surface area (Å²) in [7, 11) is 4.84. The monoisotopic (exact) mass is 344 g/mol. The molecule has 7 heteroatoms. The van der Waals surface area contributed by atoms with E-state index in [-0.39, 0.29) is 18.0 Å². The molecule has 132 valence electrons. The molecular formula is C18H20N2O5. The highest BCUT2D eigenvalue weighted by atomic mass is 16.6. The van der Waals surface area contributed by atoms with Gasteiger partial charge in [-0.2, -0.15) is 0 Å². The van der Waals surface area contributed by atoms with E-state index in [1.807, 2.05) is 12.1 Å². The van der Waals surface area contributed by atoms with Crippen molar-refractivity contribution in [2.75, 3.05) is 21.3 Å². The Morgan fingerprint density at radius 1 is 1.04 bits per heavy atom. The van der Waals surface area contributed by atoms with E-state index < -0.39 is 4.92 Å². The van der Waals surface area contributed by atoms with Crippen LogP contribution in [0.1, 0.15) is 11.1 Å². The Hall–Kier alpha value is -3.09. The first-order valence-electron chi connectivity index (χ1n) is 7.62. The number of non-ortho nitro benzene ring substituents is 1. The van der Waals surface area contributed by atoms with Crippen LogP contribution in [0.5, 0.6) is 11.5 Å². The summed E-state index contributed by atoms with van der Waals surface area (Å²) in [6.07, 6.45) is 0.182. The number of rotatable bonds is 7. The summed E-state index contributed by atoms with van der Waals surface area (Å²) in [6, 6.07) is 11.5. The number of ether oxygens (including phenoxy) is 2. The van der Waals surface area contributed by atoms with Gasteiger partial charge in [0.1, 0.15) is 0 Å². The zero-order chi connectivity index (χ0) is 18.4. The fourth-order valence-corrected chi connectivity index (χ4v) is 2.39. The summed E-state index contributed by atoms with van der Waals surface area (Å²) in [5.41, 5.74) is 1.65. The number of likely N-dealkylation sites (N-methyl/N-ethyl adjacent to an activating group) is 1. The van der Waals surface area contributed by atoms with Gasteiger partial charge in [0.05, 0.1) is 25.6 Å². The molecule has 0 saturated heterocycles. The quantitative estimate of drug-likeness (QED) is 0.570. The highest BCUT2D eigenvalue weighted by Gasteiger charge is 2.13. The number of nitro benzene ring substituents is 1. The molecule has 2 aromatic carbocycles. The molecule has 0 atom stereocenters. The van der Waals surface area contributed by atoms with Gasteiger partial charge in [0, 0.05) is 25.7 Å². The molecule has 1 amide bonds. The van der Waals surface area contributed by atoms with Crippen molar-refractivity contribution < 1.29 is 19.2 Å². The van der Waals surface area contributed by atoms with Gasteiger partial charge in [0.25, 0.3) is 5.69 Å². The van der Waals surface area contributed by atoms with Crippen LogP contribution in [0, 0.1) is 10.1 Å². The number of nitrogens with zero attached hydrogens (tertiary/aromatic N) is 2. The molecular weight excluding hydrogens is 324 g/mol.